The minimum atomic E-state index is 0.766. The first-order valence-corrected chi connectivity index (χ1v) is 6.69. The maximum atomic E-state index is 5.98. The van der Waals surface area contributed by atoms with Crippen LogP contribution in [0.15, 0.2) is 24.4 Å². The molecule has 1 aromatic heterocycles. The molecule has 0 aliphatic carbocycles. The fourth-order valence-electron chi connectivity index (χ4n) is 2.06. The lowest BCUT2D eigenvalue weighted by molar-refractivity contribution is 0.147. The van der Waals surface area contributed by atoms with Crippen molar-refractivity contribution in [2.24, 2.45) is 0 Å². The summed E-state index contributed by atoms with van der Waals surface area (Å²) in [7, 11) is 0. The van der Waals surface area contributed by atoms with E-state index in [2.05, 4.69) is 16.4 Å². The van der Waals surface area contributed by atoms with Gasteiger partial charge in [-0.15, -0.1) is 0 Å². The quantitative estimate of drug-likeness (QED) is 0.618. The Morgan fingerprint density at radius 2 is 2.16 bits per heavy atom. The summed E-state index contributed by atoms with van der Waals surface area (Å²) in [6, 6.07) is 6.01. The molecule has 0 atom stereocenters. The lowest BCUT2D eigenvalue weighted by Gasteiger charge is -2.11. The van der Waals surface area contributed by atoms with E-state index < -0.39 is 0 Å². The molecule has 0 fully saturated rings. The molecule has 0 saturated carbocycles. The van der Waals surface area contributed by atoms with Crippen molar-refractivity contribution in [3.05, 3.63) is 30.1 Å². The number of nitrogens with zero attached hydrogens (tertiary/aromatic N) is 1. The minimum absolute atomic E-state index is 0.766. The molecule has 2 aromatic rings. The zero-order valence-corrected chi connectivity index (χ0v) is 11.6. The number of hydrogen-bond acceptors (Lipinski definition) is 4. The average molecular weight is 259 g/mol. The Morgan fingerprint density at radius 3 is 2.95 bits per heavy atom. The molecule has 3 N–H and O–H groups in total. The summed E-state index contributed by atoms with van der Waals surface area (Å²) < 4.78 is 5.33. The molecule has 1 heterocycles. The van der Waals surface area contributed by atoms with Crippen LogP contribution in [0.2, 0.25) is 0 Å². The maximum Gasteiger partial charge on any atom is 0.0482 e. The third-order valence-corrected chi connectivity index (χ3v) is 3.06. The molecule has 0 spiro atoms. The monoisotopic (exact) mass is 259 g/mol. The summed E-state index contributed by atoms with van der Waals surface area (Å²) in [5, 5.41) is 5.57. The summed E-state index contributed by atoms with van der Waals surface area (Å²) in [6.07, 6.45) is 2.83. The molecule has 1 aromatic carbocycles. The minimum Gasteiger partial charge on any atom is -0.398 e. The molecule has 0 saturated heterocycles. The molecule has 0 radical (unpaired) electrons. The highest BCUT2D eigenvalue weighted by atomic mass is 16.5. The Kier molecular flexibility index (Phi) is 4.58. The molecule has 0 bridgehead atoms. The second kappa shape index (κ2) is 6.38. The number of rotatable bonds is 6. The average Bonchev–Trinajstić information content (AvgIpc) is 2.41. The van der Waals surface area contributed by atoms with Crippen LogP contribution in [0.3, 0.4) is 0 Å². The Bertz CT molecular complexity index is 554. The molecule has 0 amide bonds. The fraction of sp³-hybridized carbons (Fsp3) is 0.400. The van der Waals surface area contributed by atoms with Crippen molar-refractivity contribution in [1.82, 2.24) is 4.98 Å². The lowest BCUT2D eigenvalue weighted by atomic mass is 10.1. The Hall–Kier alpha value is -1.81. The van der Waals surface area contributed by atoms with E-state index >= 15 is 0 Å². The SMILES string of the molecule is CCOCCCNc1ccc(N)c2cnc(C)cc12. The summed E-state index contributed by atoms with van der Waals surface area (Å²) in [5.74, 6) is 0. The van der Waals surface area contributed by atoms with Gasteiger partial charge in [0, 0.05) is 53.8 Å². The molecule has 0 aliphatic rings. The van der Waals surface area contributed by atoms with Gasteiger partial charge in [0.1, 0.15) is 0 Å². The summed E-state index contributed by atoms with van der Waals surface area (Å²) in [5.41, 5.74) is 8.85. The molecule has 2 rings (SSSR count). The van der Waals surface area contributed by atoms with Gasteiger partial charge in [0.2, 0.25) is 0 Å². The van der Waals surface area contributed by atoms with Gasteiger partial charge in [-0.1, -0.05) is 0 Å². The van der Waals surface area contributed by atoms with Crippen LogP contribution in [0.25, 0.3) is 10.8 Å². The van der Waals surface area contributed by atoms with Crippen LogP contribution in [0, 0.1) is 6.92 Å². The van der Waals surface area contributed by atoms with Crippen molar-refractivity contribution in [2.45, 2.75) is 20.3 Å². The number of nitrogens with one attached hydrogen (secondary N) is 1. The predicted molar refractivity (Wildman–Crippen MR) is 80.5 cm³/mol. The van der Waals surface area contributed by atoms with E-state index in [4.69, 9.17) is 10.5 Å². The summed E-state index contributed by atoms with van der Waals surface area (Å²) in [6.45, 7) is 6.45. The molecule has 4 nitrogen and oxygen atoms in total. The largest absolute Gasteiger partial charge is 0.398 e. The highest BCUT2D eigenvalue weighted by molar-refractivity contribution is 6.00. The second-order valence-corrected chi connectivity index (χ2v) is 4.55. The first-order valence-electron chi connectivity index (χ1n) is 6.69. The second-order valence-electron chi connectivity index (χ2n) is 4.55. The van der Waals surface area contributed by atoms with Gasteiger partial charge in [-0.2, -0.15) is 0 Å². The maximum absolute atomic E-state index is 5.98. The van der Waals surface area contributed by atoms with Gasteiger partial charge in [-0.05, 0) is 38.5 Å². The number of ether oxygens (including phenoxy) is 1. The number of anilines is 2. The molecular weight excluding hydrogens is 238 g/mol. The number of pyridine rings is 1. The van der Waals surface area contributed by atoms with Gasteiger partial charge < -0.3 is 15.8 Å². The van der Waals surface area contributed by atoms with Crippen molar-refractivity contribution in [2.75, 3.05) is 30.8 Å². The van der Waals surface area contributed by atoms with Crippen LogP contribution in [-0.2, 0) is 4.74 Å². The predicted octanol–water partition coefficient (Wildman–Crippen LogP) is 2.96. The summed E-state index contributed by atoms with van der Waals surface area (Å²) >= 11 is 0. The zero-order valence-electron chi connectivity index (χ0n) is 11.6. The van der Waals surface area contributed by atoms with Gasteiger partial charge in [0.25, 0.3) is 0 Å². The van der Waals surface area contributed by atoms with E-state index in [0.717, 1.165) is 54.0 Å². The number of aryl methyl sites for hydroxylation is 1. The van der Waals surface area contributed by atoms with Crippen molar-refractivity contribution in [1.29, 1.82) is 0 Å². The van der Waals surface area contributed by atoms with E-state index in [1.165, 1.54) is 0 Å². The molecule has 0 aliphatic heterocycles. The number of aromatic nitrogens is 1. The zero-order chi connectivity index (χ0) is 13.7. The van der Waals surface area contributed by atoms with E-state index in [0.29, 0.717) is 0 Å². The first-order chi connectivity index (χ1) is 9.22. The number of hydrogen-bond donors (Lipinski definition) is 2. The van der Waals surface area contributed by atoms with E-state index in [1.54, 1.807) is 0 Å². The first kappa shape index (κ1) is 13.6. The lowest BCUT2D eigenvalue weighted by Crippen LogP contribution is -2.06. The fourth-order valence-corrected chi connectivity index (χ4v) is 2.06. The van der Waals surface area contributed by atoms with Crippen molar-refractivity contribution in [3.8, 4) is 0 Å². The molecule has 102 valence electrons. The highest BCUT2D eigenvalue weighted by Crippen LogP contribution is 2.28. The number of benzene rings is 1. The smallest absolute Gasteiger partial charge is 0.0482 e. The normalized spacial score (nSPS) is 10.8. The van der Waals surface area contributed by atoms with Crippen LogP contribution >= 0.6 is 0 Å². The van der Waals surface area contributed by atoms with Gasteiger partial charge in [0.05, 0.1) is 0 Å². The number of nitrogens with two attached hydrogens (primary N) is 1. The van der Waals surface area contributed by atoms with Crippen molar-refractivity contribution >= 4 is 22.1 Å². The van der Waals surface area contributed by atoms with E-state index in [1.807, 2.05) is 32.2 Å². The third-order valence-electron chi connectivity index (χ3n) is 3.06. The van der Waals surface area contributed by atoms with Crippen molar-refractivity contribution < 1.29 is 4.74 Å². The highest BCUT2D eigenvalue weighted by Gasteiger charge is 2.04. The van der Waals surface area contributed by atoms with Crippen LogP contribution in [0.5, 0.6) is 0 Å². The van der Waals surface area contributed by atoms with E-state index in [-0.39, 0.29) is 0 Å². The Morgan fingerprint density at radius 1 is 1.32 bits per heavy atom. The van der Waals surface area contributed by atoms with E-state index in [9.17, 15) is 0 Å². The van der Waals surface area contributed by atoms with Gasteiger partial charge in [-0.3, -0.25) is 4.98 Å². The Balaban J connectivity index is 2.14. The third kappa shape index (κ3) is 3.35. The van der Waals surface area contributed by atoms with Crippen LogP contribution in [0.4, 0.5) is 11.4 Å². The molecule has 4 heteroatoms. The van der Waals surface area contributed by atoms with Crippen LogP contribution in [-0.4, -0.2) is 24.7 Å². The standard InChI is InChI=1S/C15H21N3O/c1-3-19-8-4-7-17-15-6-5-14(16)13-10-18-11(2)9-12(13)15/h5-6,9-10,17H,3-4,7-8,16H2,1-2H3. The topological polar surface area (TPSA) is 60.2 Å². The molecular formula is C15H21N3O. The molecule has 19 heavy (non-hydrogen) atoms. The van der Waals surface area contributed by atoms with Gasteiger partial charge in [0.15, 0.2) is 0 Å². The summed E-state index contributed by atoms with van der Waals surface area (Å²) in [4.78, 5) is 4.30. The van der Waals surface area contributed by atoms with Crippen LogP contribution < -0.4 is 11.1 Å². The molecule has 0 unspecified atom stereocenters. The van der Waals surface area contributed by atoms with Gasteiger partial charge >= 0.3 is 0 Å². The van der Waals surface area contributed by atoms with Crippen LogP contribution in [0.1, 0.15) is 19.0 Å². The Labute approximate surface area is 114 Å². The number of fused-ring (bicyclic) bond motifs is 1. The van der Waals surface area contributed by atoms with Gasteiger partial charge in [-0.25, -0.2) is 0 Å². The van der Waals surface area contributed by atoms with Crippen molar-refractivity contribution in [3.63, 3.8) is 0 Å². The number of nitrogen functional groups attached to an aromatic ring is 1.